The van der Waals surface area contributed by atoms with Crippen LogP contribution in [0.25, 0.3) is 5.76 Å². The van der Waals surface area contributed by atoms with E-state index < -0.39 is 0 Å². The summed E-state index contributed by atoms with van der Waals surface area (Å²) in [4.78, 5) is 11.9. The Morgan fingerprint density at radius 2 is 1.52 bits per heavy atom. The molecule has 1 aliphatic heterocycles. The quantitative estimate of drug-likeness (QED) is 0.233. The molecule has 0 fully saturated rings. The molecule has 3 aromatic rings. The summed E-state index contributed by atoms with van der Waals surface area (Å²) < 4.78 is 11.8. The third-order valence-corrected chi connectivity index (χ3v) is 5.61. The fourth-order valence-corrected chi connectivity index (χ4v) is 4.04. The second kappa shape index (κ2) is 9.65. The molecule has 0 unspecified atom stereocenters. The van der Waals surface area contributed by atoms with Gasteiger partial charge in [0.2, 0.25) is 0 Å². The lowest BCUT2D eigenvalue weighted by molar-refractivity contribution is -0.134. The maximum atomic E-state index is 11.9. The Balaban J connectivity index is 1.72. The van der Waals surface area contributed by atoms with Crippen molar-refractivity contribution >= 4 is 11.7 Å². The van der Waals surface area contributed by atoms with Gasteiger partial charge in [0.05, 0.1) is 0 Å². The minimum Gasteiger partial charge on any atom is -0.457 e. The number of hydrogen-bond donors (Lipinski definition) is 0. The third-order valence-electron chi connectivity index (χ3n) is 5.61. The van der Waals surface area contributed by atoms with E-state index in [0.717, 1.165) is 34.6 Å². The van der Waals surface area contributed by atoms with E-state index in [4.69, 9.17) is 9.47 Å². The number of fused-ring (bicyclic) bond motifs is 2. The van der Waals surface area contributed by atoms with E-state index in [1.54, 1.807) is 0 Å². The lowest BCUT2D eigenvalue weighted by Gasteiger charge is -2.26. The molecule has 0 aromatic heterocycles. The smallest absolute Gasteiger partial charge is 0.308 e. The van der Waals surface area contributed by atoms with Crippen molar-refractivity contribution in [3.63, 3.8) is 0 Å². The number of benzene rings is 3. The molecule has 1 heterocycles. The summed E-state index contributed by atoms with van der Waals surface area (Å²) in [6, 6.07) is 24.4. The first-order valence-corrected chi connectivity index (χ1v) is 11.0. The van der Waals surface area contributed by atoms with E-state index in [1.165, 1.54) is 31.7 Å². The first kappa shape index (κ1) is 20.9. The van der Waals surface area contributed by atoms with Crippen LogP contribution in [0.2, 0.25) is 0 Å². The Hall–Kier alpha value is -3.33. The zero-order valence-corrected chi connectivity index (χ0v) is 18.1. The minimum atomic E-state index is -0.327. The van der Waals surface area contributed by atoms with Crippen LogP contribution in [0.5, 0.6) is 11.5 Å². The van der Waals surface area contributed by atoms with Crippen LogP contribution in [0, 0.1) is 0 Å². The van der Waals surface area contributed by atoms with Crippen molar-refractivity contribution in [3.8, 4) is 11.5 Å². The van der Waals surface area contributed by atoms with Gasteiger partial charge in [-0.15, -0.1) is 0 Å². The summed E-state index contributed by atoms with van der Waals surface area (Å²) in [6.45, 7) is 3.66. The van der Waals surface area contributed by atoms with Crippen molar-refractivity contribution < 1.29 is 14.3 Å². The molecule has 0 saturated carbocycles. The molecule has 4 rings (SSSR count). The van der Waals surface area contributed by atoms with Gasteiger partial charge in [-0.1, -0.05) is 80.4 Å². The van der Waals surface area contributed by atoms with Crippen molar-refractivity contribution in [2.75, 3.05) is 0 Å². The van der Waals surface area contributed by atoms with Gasteiger partial charge in [0.1, 0.15) is 17.3 Å². The van der Waals surface area contributed by atoms with Crippen molar-refractivity contribution in [1.82, 2.24) is 0 Å². The van der Waals surface area contributed by atoms with E-state index in [2.05, 4.69) is 31.2 Å². The van der Waals surface area contributed by atoms with E-state index in [0.29, 0.717) is 5.76 Å². The number of allylic oxidation sites excluding steroid dienone is 1. The molecule has 0 aliphatic carbocycles. The zero-order chi connectivity index (χ0) is 21.6. The molecular formula is C28H28O3. The van der Waals surface area contributed by atoms with E-state index in [9.17, 15) is 4.79 Å². The average molecular weight is 413 g/mol. The van der Waals surface area contributed by atoms with Crippen molar-refractivity contribution in [3.05, 3.63) is 101 Å². The molecule has 0 amide bonds. The first-order valence-electron chi connectivity index (χ1n) is 11.0. The van der Waals surface area contributed by atoms with Gasteiger partial charge >= 0.3 is 5.97 Å². The SMILES string of the molecule is CCCCCc1ccc(C(=CC2c3ccccc3Oc3ccccc32)OC(C)=O)cc1. The van der Waals surface area contributed by atoms with Crippen LogP contribution in [-0.4, -0.2) is 5.97 Å². The molecular weight excluding hydrogens is 384 g/mol. The van der Waals surface area contributed by atoms with E-state index >= 15 is 0 Å². The number of aryl methyl sites for hydroxylation is 1. The molecule has 0 N–H and O–H groups in total. The number of ether oxygens (including phenoxy) is 2. The number of carbonyl (C=O) groups is 1. The predicted octanol–water partition coefficient (Wildman–Crippen LogP) is 7.26. The van der Waals surface area contributed by atoms with Crippen molar-refractivity contribution in [2.45, 2.75) is 45.4 Å². The monoisotopic (exact) mass is 412 g/mol. The van der Waals surface area contributed by atoms with Crippen LogP contribution in [-0.2, 0) is 16.0 Å². The largest absolute Gasteiger partial charge is 0.457 e. The van der Waals surface area contributed by atoms with Crippen LogP contribution in [0.4, 0.5) is 0 Å². The summed E-state index contributed by atoms with van der Waals surface area (Å²) in [6.07, 6.45) is 6.75. The number of carbonyl (C=O) groups excluding carboxylic acids is 1. The van der Waals surface area contributed by atoms with E-state index in [-0.39, 0.29) is 11.9 Å². The molecule has 0 spiro atoms. The Morgan fingerprint density at radius 1 is 0.903 bits per heavy atom. The maximum Gasteiger partial charge on any atom is 0.308 e. The van der Waals surface area contributed by atoms with Gasteiger partial charge in [-0.25, -0.2) is 0 Å². The Bertz CT molecular complexity index is 1030. The normalized spacial score (nSPS) is 13.2. The highest BCUT2D eigenvalue weighted by Crippen LogP contribution is 2.45. The van der Waals surface area contributed by atoms with Crippen LogP contribution in [0.15, 0.2) is 78.9 Å². The molecule has 1 aliphatic rings. The van der Waals surface area contributed by atoms with Crippen LogP contribution in [0.1, 0.15) is 61.3 Å². The number of para-hydroxylation sites is 2. The molecule has 158 valence electrons. The molecule has 31 heavy (non-hydrogen) atoms. The fraction of sp³-hybridized carbons (Fsp3) is 0.250. The lowest BCUT2D eigenvalue weighted by atomic mass is 9.87. The topological polar surface area (TPSA) is 35.5 Å². The van der Waals surface area contributed by atoms with Gasteiger partial charge in [-0.3, -0.25) is 4.79 Å². The lowest BCUT2D eigenvalue weighted by Crippen LogP contribution is -2.10. The highest BCUT2D eigenvalue weighted by Gasteiger charge is 2.26. The van der Waals surface area contributed by atoms with Crippen LogP contribution < -0.4 is 4.74 Å². The van der Waals surface area contributed by atoms with Crippen LogP contribution in [0.3, 0.4) is 0 Å². The third kappa shape index (κ3) is 4.88. The highest BCUT2D eigenvalue weighted by atomic mass is 16.5. The second-order valence-corrected chi connectivity index (χ2v) is 7.93. The first-order chi connectivity index (χ1) is 15.2. The molecule has 0 atom stereocenters. The molecule has 3 nitrogen and oxygen atoms in total. The predicted molar refractivity (Wildman–Crippen MR) is 124 cm³/mol. The van der Waals surface area contributed by atoms with Crippen molar-refractivity contribution in [2.24, 2.45) is 0 Å². The van der Waals surface area contributed by atoms with Gasteiger partial charge in [-0.05, 0) is 36.6 Å². The molecule has 0 saturated heterocycles. The van der Waals surface area contributed by atoms with Gasteiger partial charge in [0, 0.05) is 29.5 Å². The Kier molecular flexibility index (Phi) is 6.51. The van der Waals surface area contributed by atoms with Crippen molar-refractivity contribution in [1.29, 1.82) is 0 Å². The number of unbranched alkanes of at least 4 members (excludes halogenated alkanes) is 2. The Morgan fingerprint density at radius 3 is 2.10 bits per heavy atom. The molecule has 3 aromatic carbocycles. The fourth-order valence-electron chi connectivity index (χ4n) is 4.04. The summed E-state index contributed by atoms with van der Waals surface area (Å²) >= 11 is 0. The summed E-state index contributed by atoms with van der Waals surface area (Å²) in [5.74, 6) is 1.84. The van der Waals surface area contributed by atoms with Crippen LogP contribution >= 0.6 is 0 Å². The Labute approximate surface area is 184 Å². The maximum absolute atomic E-state index is 11.9. The summed E-state index contributed by atoms with van der Waals surface area (Å²) in [5, 5.41) is 0. The average Bonchev–Trinajstić information content (AvgIpc) is 2.79. The standard InChI is InChI=1S/C28H28O3/c1-3-4-5-10-21-15-17-22(18-16-21)28(30-20(2)29)19-25-23-11-6-8-13-26(23)31-27-14-9-7-12-24(25)27/h6-9,11-19,25H,3-5,10H2,1-2H3. The van der Waals surface area contributed by atoms with Gasteiger partial charge in [0.15, 0.2) is 0 Å². The van der Waals surface area contributed by atoms with Gasteiger partial charge in [0.25, 0.3) is 0 Å². The van der Waals surface area contributed by atoms with E-state index in [1.807, 2.05) is 54.6 Å². The molecule has 3 heteroatoms. The van der Waals surface area contributed by atoms with Gasteiger partial charge in [-0.2, -0.15) is 0 Å². The highest BCUT2D eigenvalue weighted by molar-refractivity contribution is 5.77. The second-order valence-electron chi connectivity index (χ2n) is 7.93. The number of esters is 1. The van der Waals surface area contributed by atoms with Gasteiger partial charge < -0.3 is 9.47 Å². The number of rotatable bonds is 7. The summed E-state index contributed by atoms with van der Waals surface area (Å²) in [5.41, 5.74) is 4.32. The molecule has 0 bridgehead atoms. The number of hydrogen-bond acceptors (Lipinski definition) is 3. The summed E-state index contributed by atoms with van der Waals surface area (Å²) in [7, 11) is 0. The minimum absolute atomic E-state index is 0.0697. The molecule has 0 radical (unpaired) electrons. The zero-order valence-electron chi connectivity index (χ0n) is 18.1.